The maximum Gasteiger partial charge on any atom is 0.275 e. The van der Waals surface area contributed by atoms with Crippen molar-refractivity contribution in [1.82, 2.24) is 9.97 Å². The molecule has 1 N–H and O–H groups in total. The van der Waals surface area contributed by atoms with Gasteiger partial charge >= 0.3 is 0 Å². The number of rotatable bonds is 5. The van der Waals surface area contributed by atoms with Gasteiger partial charge in [-0.15, -0.1) is 0 Å². The fourth-order valence-electron chi connectivity index (χ4n) is 3.18. The number of nitrogens with zero attached hydrogens (tertiary/aromatic N) is 3. The van der Waals surface area contributed by atoms with Crippen molar-refractivity contribution in [1.29, 1.82) is 0 Å². The van der Waals surface area contributed by atoms with E-state index in [9.17, 15) is 4.79 Å². The molecule has 0 saturated carbocycles. The summed E-state index contributed by atoms with van der Waals surface area (Å²) in [5.41, 5.74) is 1.00. The summed E-state index contributed by atoms with van der Waals surface area (Å²) in [5, 5.41) is 2.82. The molecular formula is C19H24N4O2. The van der Waals surface area contributed by atoms with Crippen molar-refractivity contribution < 1.29 is 9.53 Å². The largest absolute Gasteiger partial charge is 0.497 e. The lowest BCUT2D eigenvalue weighted by atomic mass is 10.0. The summed E-state index contributed by atoms with van der Waals surface area (Å²) in [7, 11) is 1.61. The molecule has 0 radical (unpaired) electrons. The van der Waals surface area contributed by atoms with Gasteiger partial charge in [0.25, 0.3) is 5.91 Å². The van der Waals surface area contributed by atoms with E-state index in [2.05, 4.69) is 27.1 Å². The molecule has 2 heterocycles. The zero-order chi connectivity index (χ0) is 17.6. The minimum atomic E-state index is -0.269. The molecule has 2 aromatic rings. The molecule has 3 rings (SSSR count). The fraction of sp³-hybridized carbons (Fsp3) is 0.421. The Bertz CT molecular complexity index is 700. The van der Waals surface area contributed by atoms with E-state index < -0.39 is 0 Å². The van der Waals surface area contributed by atoms with Crippen molar-refractivity contribution in [3.63, 3.8) is 0 Å². The number of amides is 1. The summed E-state index contributed by atoms with van der Waals surface area (Å²) < 4.78 is 5.11. The van der Waals surface area contributed by atoms with Crippen LogP contribution in [0.5, 0.6) is 5.75 Å². The summed E-state index contributed by atoms with van der Waals surface area (Å²) in [4.78, 5) is 23.4. The number of ether oxygens (including phenoxy) is 1. The number of hydrogen-bond acceptors (Lipinski definition) is 5. The number of methoxy groups -OCH3 is 1. The lowest BCUT2D eigenvalue weighted by Crippen LogP contribution is -2.39. The predicted molar refractivity (Wildman–Crippen MR) is 98.3 cm³/mol. The Labute approximate surface area is 148 Å². The van der Waals surface area contributed by atoms with Crippen LogP contribution in [0.25, 0.3) is 0 Å². The van der Waals surface area contributed by atoms with Crippen molar-refractivity contribution in [3.8, 4) is 5.75 Å². The number of anilines is 2. The van der Waals surface area contributed by atoms with Crippen LogP contribution in [-0.2, 0) is 0 Å². The highest BCUT2D eigenvalue weighted by Crippen LogP contribution is 2.24. The topological polar surface area (TPSA) is 67.4 Å². The van der Waals surface area contributed by atoms with Gasteiger partial charge in [-0.05, 0) is 49.9 Å². The molecule has 25 heavy (non-hydrogen) atoms. The van der Waals surface area contributed by atoms with E-state index in [0.717, 1.165) is 24.5 Å². The second kappa shape index (κ2) is 7.96. The van der Waals surface area contributed by atoms with Crippen LogP contribution in [0.1, 0.15) is 43.1 Å². The Balaban J connectivity index is 1.67. The molecule has 6 nitrogen and oxygen atoms in total. The molecule has 1 saturated heterocycles. The van der Waals surface area contributed by atoms with Crippen LogP contribution >= 0.6 is 0 Å². The third kappa shape index (κ3) is 4.07. The lowest BCUT2D eigenvalue weighted by Gasteiger charge is -2.35. The fourth-order valence-corrected chi connectivity index (χ4v) is 3.18. The van der Waals surface area contributed by atoms with Crippen LogP contribution in [0.2, 0.25) is 0 Å². The summed E-state index contributed by atoms with van der Waals surface area (Å²) in [6.07, 6.45) is 7.99. The van der Waals surface area contributed by atoms with Crippen LogP contribution in [0.3, 0.4) is 0 Å². The van der Waals surface area contributed by atoms with Gasteiger partial charge in [0.05, 0.1) is 19.5 Å². The molecule has 0 aliphatic carbocycles. The molecule has 1 aliphatic rings. The van der Waals surface area contributed by atoms with Crippen molar-refractivity contribution in [3.05, 3.63) is 42.4 Å². The summed E-state index contributed by atoms with van der Waals surface area (Å²) >= 11 is 0. The SMILES string of the molecule is CCC1CCCCN1c1cnc(C(=O)Nc2ccc(OC)cc2)cn1. The molecular weight excluding hydrogens is 316 g/mol. The Morgan fingerprint density at radius 2 is 2.04 bits per heavy atom. The van der Waals surface area contributed by atoms with Gasteiger partial charge in [-0.2, -0.15) is 0 Å². The smallest absolute Gasteiger partial charge is 0.275 e. The molecule has 1 aromatic heterocycles. The van der Waals surface area contributed by atoms with Crippen LogP contribution in [0.15, 0.2) is 36.7 Å². The second-order valence-electron chi connectivity index (χ2n) is 6.19. The van der Waals surface area contributed by atoms with Crippen molar-refractivity contribution in [2.45, 2.75) is 38.6 Å². The quantitative estimate of drug-likeness (QED) is 0.902. The van der Waals surface area contributed by atoms with Gasteiger partial charge in [0.15, 0.2) is 0 Å². The number of nitrogens with one attached hydrogen (secondary N) is 1. The first-order chi connectivity index (χ1) is 12.2. The van der Waals surface area contributed by atoms with Crippen molar-refractivity contribution >= 4 is 17.4 Å². The number of hydrogen-bond donors (Lipinski definition) is 1. The van der Waals surface area contributed by atoms with E-state index in [4.69, 9.17) is 4.74 Å². The molecule has 1 amide bonds. The first kappa shape index (κ1) is 17.2. The van der Waals surface area contributed by atoms with Gasteiger partial charge in [0.2, 0.25) is 0 Å². The van der Waals surface area contributed by atoms with E-state index in [0.29, 0.717) is 17.4 Å². The third-order valence-corrected chi connectivity index (χ3v) is 4.61. The number of aromatic nitrogens is 2. The average Bonchev–Trinajstić information content (AvgIpc) is 2.68. The standard InChI is InChI=1S/C19H24N4O2/c1-3-15-6-4-5-11-23(15)18-13-20-17(12-21-18)19(24)22-14-7-9-16(25-2)10-8-14/h7-10,12-13,15H,3-6,11H2,1-2H3,(H,22,24). The Morgan fingerprint density at radius 1 is 1.24 bits per heavy atom. The normalized spacial score (nSPS) is 17.2. The van der Waals surface area contributed by atoms with Gasteiger partial charge in [0, 0.05) is 18.3 Å². The molecule has 1 aliphatic heterocycles. The third-order valence-electron chi connectivity index (χ3n) is 4.61. The first-order valence-electron chi connectivity index (χ1n) is 8.75. The minimum Gasteiger partial charge on any atom is -0.497 e. The Kier molecular flexibility index (Phi) is 5.48. The maximum atomic E-state index is 12.3. The van der Waals surface area contributed by atoms with Crippen molar-refractivity contribution in [2.75, 3.05) is 23.9 Å². The Hall–Kier alpha value is -2.63. The second-order valence-corrected chi connectivity index (χ2v) is 6.19. The molecule has 1 unspecified atom stereocenters. The highest BCUT2D eigenvalue weighted by Gasteiger charge is 2.22. The van der Waals surface area contributed by atoms with E-state index in [1.165, 1.54) is 19.3 Å². The molecule has 132 valence electrons. The van der Waals surface area contributed by atoms with E-state index >= 15 is 0 Å². The monoisotopic (exact) mass is 340 g/mol. The summed E-state index contributed by atoms with van der Waals surface area (Å²) in [6.45, 7) is 3.21. The minimum absolute atomic E-state index is 0.269. The number of carbonyl (C=O) groups is 1. The van der Waals surface area contributed by atoms with Gasteiger partial charge in [-0.1, -0.05) is 6.92 Å². The average molecular weight is 340 g/mol. The molecule has 0 spiro atoms. The number of carbonyl (C=O) groups excluding carboxylic acids is 1. The molecule has 1 fully saturated rings. The van der Waals surface area contributed by atoms with Gasteiger partial charge < -0.3 is 15.0 Å². The zero-order valence-electron chi connectivity index (χ0n) is 14.7. The molecule has 6 heteroatoms. The van der Waals surface area contributed by atoms with Crippen LogP contribution in [0.4, 0.5) is 11.5 Å². The highest BCUT2D eigenvalue weighted by atomic mass is 16.5. The molecule has 1 aromatic carbocycles. The number of piperidine rings is 1. The Morgan fingerprint density at radius 3 is 2.68 bits per heavy atom. The first-order valence-corrected chi connectivity index (χ1v) is 8.75. The van der Waals surface area contributed by atoms with E-state index in [1.54, 1.807) is 43.8 Å². The summed E-state index contributed by atoms with van der Waals surface area (Å²) in [6, 6.07) is 7.69. The summed E-state index contributed by atoms with van der Waals surface area (Å²) in [5.74, 6) is 1.33. The van der Waals surface area contributed by atoms with E-state index in [-0.39, 0.29) is 5.91 Å². The van der Waals surface area contributed by atoms with Crippen LogP contribution in [-0.4, -0.2) is 35.6 Å². The number of benzene rings is 1. The van der Waals surface area contributed by atoms with Crippen LogP contribution in [0, 0.1) is 0 Å². The zero-order valence-corrected chi connectivity index (χ0v) is 14.7. The molecule has 0 bridgehead atoms. The van der Waals surface area contributed by atoms with E-state index in [1.807, 2.05) is 0 Å². The maximum absolute atomic E-state index is 12.3. The van der Waals surface area contributed by atoms with Crippen LogP contribution < -0.4 is 15.0 Å². The van der Waals surface area contributed by atoms with Gasteiger partial charge in [0.1, 0.15) is 17.3 Å². The van der Waals surface area contributed by atoms with Crippen molar-refractivity contribution in [2.24, 2.45) is 0 Å². The predicted octanol–water partition coefficient (Wildman–Crippen LogP) is 3.51. The lowest BCUT2D eigenvalue weighted by molar-refractivity contribution is 0.102. The van der Waals surface area contributed by atoms with Gasteiger partial charge in [-0.3, -0.25) is 4.79 Å². The molecule has 1 atom stereocenters. The highest BCUT2D eigenvalue weighted by molar-refractivity contribution is 6.02. The van der Waals surface area contributed by atoms with Gasteiger partial charge in [-0.25, -0.2) is 9.97 Å².